The van der Waals surface area contributed by atoms with Gasteiger partial charge in [0.2, 0.25) is 5.91 Å². The summed E-state index contributed by atoms with van der Waals surface area (Å²) in [5.74, 6) is -0.244. The van der Waals surface area contributed by atoms with Gasteiger partial charge in [-0.1, -0.05) is 24.2 Å². The van der Waals surface area contributed by atoms with Gasteiger partial charge in [-0.2, -0.15) is 0 Å². The molecule has 2 fully saturated rings. The number of urea groups is 1. The number of aromatic hydroxyl groups is 1. The van der Waals surface area contributed by atoms with E-state index in [1.807, 2.05) is 0 Å². The van der Waals surface area contributed by atoms with Crippen molar-refractivity contribution in [3.05, 3.63) is 53.3 Å². The number of phenols is 1. The Labute approximate surface area is 201 Å². The van der Waals surface area contributed by atoms with Crippen LogP contribution in [0.25, 0.3) is 11.3 Å². The molecular weight excluding hydrogens is 461 g/mol. The minimum Gasteiger partial charge on any atom is -0.507 e. The first-order valence-electron chi connectivity index (χ1n) is 11.3. The summed E-state index contributed by atoms with van der Waals surface area (Å²) in [6, 6.07) is 5.41. The lowest BCUT2D eigenvalue weighted by Crippen LogP contribution is -2.57. The van der Waals surface area contributed by atoms with Gasteiger partial charge in [-0.25, -0.2) is 14.2 Å². The first-order valence-corrected chi connectivity index (χ1v) is 11.7. The van der Waals surface area contributed by atoms with Crippen LogP contribution < -0.4 is 10.2 Å². The van der Waals surface area contributed by atoms with Crippen LogP contribution in [-0.4, -0.2) is 64.6 Å². The fourth-order valence-corrected chi connectivity index (χ4v) is 4.80. The molecule has 1 aromatic heterocycles. The topological polar surface area (TPSA) is 89.0 Å². The van der Waals surface area contributed by atoms with Crippen LogP contribution in [0.15, 0.2) is 36.9 Å². The number of halogens is 2. The number of nitrogens with one attached hydrogen (secondary N) is 1. The molecule has 178 valence electrons. The number of aromatic nitrogens is 1. The summed E-state index contributed by atoms with van der Waals surface area (Å²) in [6.07, 6.45) is 2.88. The molecule has 10 heteroatoms. The molecule has 1 aromatic carbocycles. The number of nitrogens with zero attached hydrogens (tertiary/aromatic N) is 4. The minimum absolute atomic E-state index is 0.0895. The van der Waals surface area contributed by atoms with Gasteiger partial charge in [-0.15, -0.1) is 0 Å². The van der Waals surface area contributed by atoms with E-state index in [1.54, 1.807) is 15.9 Å². The highest BCUT2D eigenvalue weighted by molar-refractivity contribution is 6.33. The molecule has 8 nitrogen and oxygen atoms in total. The van der Waals surface area contributed by atoms with Crippen LogP contribution in [0.5, 0.6) is 5.75 Å². The monoisotopic (exact) mass is 485 g/mol. The Morgan fingerprint density at radius 3 is 2.68 bits per heavy atom. The molecule has 3 aliphatic rings. The number of carbonyl (C=O) groups excluding carboxylic acids is 2. The maximum atomic E-state index is 14.6. The van der Waals surface area contributed by atoms with Gasteiger partial charge in [0.25, 0.3) is 0 Å². The summed E-state index contributed by atoms with van der Waals surface area (Å²) in [7, 11) is 0. The highest BCUT2D eigenvalue weighted by atomic mass is 35.5. The van der Waals surface area contributed by atoms with Crippen molar-refractivity contribution in [3.8, 4) is 17.0 Å². The maximum absolute atomic E-state index is 14.6. The number of fused-ring (bicyclic) bond motifs is 1. The zero-order valence-electron chi connectivity index (χ0n) is 18.5. The van der Waals surface area contributed by atoms with E-state index in [9.17, 15) is 19.1 Å². The van der Waals surface area contributed by atoms with Crippen LogP contribution in [0.2, 0.25) is 5.02 Å². The van der Waals surface area contributed by atoms with Crippen molar-refractivity contribution < 1.29 is 19.1 Å². The Balaban J connectivity index is 1.54. The zero-order chi connectivity index (χ0) is 24.0. The first-order chi connectivity index (χ1) is 16.4. The van der Waals surface area contributed by atoms with Gasteiger partial charge in [-0.05, 0) is 43.0 Å². The summed E-state index contributed by atoms with van der Waals surface area (Å²) < 4.78 is 14.6. The van der Waals surface area contributed by atoms with Gasteiger partial charge in [-0.3, -0.25) is 14.6 Å². The second kappa shape index (κ2) is 8.88. The van der Waals surface area contributed by atoms with Gasteiger partial charge >= 0.3 is 6.03 Å². The Morgan fingerprint density at radius 2 is 2.03 bits per heavy atom. The summed E-state index contributed by atoms with van der Waals surface area (Å²) in [6.45, 7) is 6.13. The third kappa shape index (κ3) is 4.10. The van der Waals surface area contributed by atoms with E-state index in [4.69, 9.17) is 11.6 Å². The molecule has 2 N–H and O–H groups in total. The van der Waals surface area contributed by atoms with Crippen LogP contribution in [0.3, 0.4) is 0 Å². The number of benzene rings is 1. The summed E-state index contributed by atoms with van der Waals surface area (Å²) in [5, 5.41) is 13.5. The third-order valence-corrected chi connectivity index (χ3v) is 6.86. The van der Waals surface area contributed by atoms with Gasteiger partial charge in [0.15, 0.2) is 0 Å². The molecule has 2 aromatic rings. The van der Waals surface area contributed by atoms with E-state index in [0.29, 0.717) is 50.0 Å². The highest BCUT2D eigenvalue weighted by Crippen LogP contribution is 2.42. The van der Waals surface area contributed by atoms with Crippen molar-refractivity contribution in [1.82, 2.24) is 20.1 Å². The van der Waals surface area contributed by atoms with Crippen LogP contribution in [0.1, 0.15) is 24.6 Å². The van der Waals surface area contributed by atoms with Crippen LogP contribution >= 0.6 is 11.6 Å². The quantitative estimate of drug-likeness (QED) is 0.633. The Hall–Kier alpha value is -3.17. The average Bonchev–Trinajstić information content (AvgIpc) is 3.65. The zero-order valence-corrected chi connectivity index (χ0v) is 19.3. The van der Waals surface area contributed by atoms with Crippen molar-refractivity contribution in [2.24, 2.45) is 5.92 Å². The molecule has 1 saturated carbocycles. The van der Waals surface area contributed by atoms with Crippen molar-refractivity contribution >= 4 is 29.4 Å². The van der Waals surface area contributed by atoms with E-state index in [0.717, 1.165) is 12.8 Å². The molecule has 3 amide bonds. The predicted octanol–water partition coefficient (Wildman–Crippen LogP) is 3.52. The van der Waals surface area contributed by atoms with Crippen molar-refractivity contribution in [2.45, 2.75) is 19.0 Å². The number of phenolic OH excluding ortho intramolecular Hbond substituents is 1. The standard InChI is InChI=1S/C24H25ClFN5O3/c1-2-19(33)29-8-10-30(11-9-29)22-15-12-16(25)21(20-17(26)4-3-5-18(20)32)27-23(15)31(24(34)28-22)13-14-6-7-14/h2-5,12,14,22,32H,1,6-11,13H2,(H,28,34). The largest absolute Gasteiger partial charge is 0.507 e. The number of pyridine rings is 1. The van der Waals surface area contributed by atoms with Crippen molar-refractivity contribution in [1.29, 1.82) is 0 Å². The fraction of sp³-hybridized carbons (Fsp3) is 0.375. The number of carbonyl (C=O) groups is 2. The van der Waals surface area contributed by atoms with Gasteiger partial charge in [0.05, 0.1) is 16.3 Å². The smallest absolute Gasteiger partial charge is 0.324 e. The second-order valence-corrected chi connectivity index (χ2v) is 9.24. The van der Waals surface area contributed by atoms with Crippen molar-refractivity contribution in [2.75, 3.05) is 37.6 Å². The van der Waals surface area contributed by atoms with E-state index < -0.39 is 12.0 Å². The SMILES string of the molecule is C=CC(=O)N1CCN(C2NC(=O)N(CC3CC3)c3nc(-c4c(O)cccc4F)c(Cl)cc32)CC1. The van der Waals surface area contributed by atoms with Crippen molar-refractivity contribution in [3.63, 3.8) is 0 Å². The molecule has 0 bridgehead atoms. The Kier molecular flexibility index (Phi) is 5.91. The lowest BCUT2D eigenvalue weighted by Gasteiger charge is -2.43. The van der Waals surface area contributed by atoms with Gasteiger partial charge in [0.1, 0.15) is 23.6 Å². The number of rotatable bonds is 5. The van der Waals surface area contributed by atoms with E-state index in [-0.39, 0.29) is 34.0 Å². The van der Waals surface area contributed by atoms with E-state index in [1.165, 1.54) is 24.3 Å². The van der Waals surface area contributed by atoms with Crippen LogP contribution in [-0.2, 0) is 4.79 Å². The summed E-state index contributed by atoms with van der Waals surface area (Å²) in [4.78, 5) is 35.1. The van der Waals surface area contributed by atoms with Crippen LogP contribution in [0, 0.1) is 11.7 Å². The molecule has 1 unspecified atom stereocenters. The number of hydrogen-bond acceptors (Lipinski definition) is 5. The molecule has 2 aliphatic heterocycles. The second-order valence-electron chi connectivity index (χ2n) is 8.84. The number of hydrogen-bond donors (Lipinski definition) is 2. The number of amides is 3. The lowest BCUT2D eigenvalue weighted by molar-refractivity contribution is -0.128. The lowest BCUT2D eigenvalue weighted by atomic mass is 10.0. The Morgan fingerprint density at radius 1 is 1.29 bits per heavy atom. The van der Waals surface area contributed by atoms with E-state index in [2.05, 4.69) is 21.8 Å². The number of anilines is 1. The molecular formula is C24H25ClFN5O3. The predicted molar refractivity (Wildman–Crippen MR) is 126 cm³/mol. The average molecular weight is 486 g/mol. The molecule has 1 aliphatic carbocycles. The third-order valence-electron chi connectivity index (χ3n) is 6.57. The summed E-state index contributed by atoms with van der Waals surface area (Å²) >= 11 is 6.58. The molecule has 5 rings (SSSR count). The molecule has 34 heavy (non-hydrogen) atoms. The van der Waals surface area contributed by atoms with Crippen LogP contribution in [0.4, 0.5) is 15.0 Å². The molecule has 0 spiro atoms. The summed E-state index contributed by atoms with van der Waals surface area (Å²) in [5.41, 5.74) is 0.695. The molecule has 3 heterocycles. The molecule has 0 radical (unpaired) electrons. The fourth-order valence-electron chi connectivity index (χ4n) is 4.55. The van der Waals surface area contributed by atoms with E-state index >= 15 is 0 Å². The Bertz CT molecular complexity index is 1140. The first kappa shape index (κ1) is 22.6. The molecule has 1 atom stereocenters. The molecule has 1 saturated heterocycles. The number of piperazine rings is 1. The van der Waals surface area contributed by atoms with Gasteiger partial charge in [0, 0.05) is 38.3 Å². The van der Waals surface area contributed by atoms with Gasteiger partial charge < -0.3 is 15.3 Å². The maximum Gasteiger partial charge on any atom is 0.324 e. The highest BCUT2D eigenvalue weighted by Gasteiger charge is 2.40. The minimum atomic E-state index is -0.650. The normalized spacial score (nSPS) is 20.6.